The monoisotopic (exact) mass is 340 g/mol. The number of methoxy groups -OCH3 is 1. The summed E-state index contributed by atoms with van der Waals surface area (Å²) in [6, 6.07) is 3.08. The molecule has 2 rings (SSSR count). The highest BCUT2D eigenvalue weighted by Gasteiger charge is 2.18. The Hall–Kier alpha value is -2.13. The lowest BCUT2D eigenvalue weighted by Gasteiger charge is -2.11. The van der Waals surface area contributed by atoms with Gasteiger partial charge in [-0.15, -0.1) is 0 Å². The number of ether oxygens (including phenoxy) is 1. The van der Waals surface area contributed by atoms with E-state index >= 15 is 0 Å². The molecule has 0 bridgehead atoms. The molecule has 0 saturated carbocycles. The molecule has 2 aromatic heterocycles. The summed E-state index contributed by atoms with van der Waals surface area (Å²) >= 11 is 0. The quantitative estimate of drug-likeness (QED) is 0.810. The zero-order valence-electron chi connectivity index (χ0n) is 13.5. The fraction of sp³-hybridized carbons (Fsp3) is 0.429. The Morgan fingerprint density at radius 1 is 1.30 bits per heavy atom. The van der Waals surface area contributed by atoms with Gasteiger partial charge in [0.1, 0.15) is 11.6 Å². The maximum absolute atomic E-state index is 12.2. The molecule has 0 aliphatic heterocycles. The Balaban J connectivity index is 2.09. The molecule has 0 saturated heterocycles. The molecule has 23 heavy (non-hydrogen) atoms. The molecule has 0 spiro atoms. The Bertz CT molecular complexity index is 848. The van der Waals surface area contributed by atoms with Crippen molar-refractivity contribution in [2.75, 3.05) is 13.7 Å². The summed E-state index contributed by atoms with van der Waals surface area (Å²) in [7, 11) is -0.481. The summed E-state index contributed by atoms with van der Waals surface area (Å²) in [6.07, 6.45) is 1.45. The molecule has 0 amide bonds. The summed E-state index contributed by atoms with van der Waals surface area (Å²) in [5.74, 6) is 1.08. The van der Waals surface area contributed by atoms with E-state index in [9.17, 15) is 13.2 Å². The van der Waals surface area contributed by atoms with Crippen LogP contribution < -0.4 is 15.0 Å². The highest BCUT2D eigenvalue weighted by molar-refractivity contribution is 7.89. The molecule has 0 fully saturated rings. The molecule has 0 unspecified atom stereocenters. The minimum atomic E-state index is -3.69. The number of nitrogens with one attached hydrogen (secondary N) is 1. The first-order valence-electron chi connectivity index (χ1n) is 6.99. The van der Waals surface area contributed by atoms with Crippen LogP contribution in [0.1, 0.15) is 11.5 Å². The Morgan fingerprint density at radius 2 is 2.00 bits per heavy atom. The summed E-state index contributed by atoms with van der Waals surface area (Å²) in [5, 5.41) is -0.0312. The normalized spacial score (nSPS) is 11.7. The summed E-state index contributed by atoms with van der Waals surface area (Å²) in [4.78, 5) is 16.0. The Kier molecular flexibility index (Phi) is 4.90. The van der Waals surface area contributed by atoms with Gasteiger partial charge in [0, 0.05) is 38.1 Å². The van der Waals surface area contributed by atoms with Gasteiger partial charge in [-0.3, -0.25) is 4.79 Å². The molecule has 0 aromatic carbocycles. The van der Waals surface area contributed by atoms with Crippen molar-refractivity contribution in [3.05, 3.63) is 40.2 Å². The molecule has 0 aliphatic rings. The lowest BCUT2D eigenvalue weighted by molar-refractivity contribution is 0.411. The van der Waals surface area contributed by atoms with Crippen LogP contribution in [0.3, 0.4) is 0 Å². The van der Waals surface area contributed by atoms with Crippen LogP contribution in [0, 0.1) is 13.8 Å². The second-order valence-electron chi connectivity index (χ2n) is 5.16. The van der Waals surface area contributed by atoms with E-state index in [1.54, 1.807) is 31.5 Å². The predicted molar refractivity (Wildman–Crippen MR) is 85.1 cm³/mol. The minimum Gasteiger partial charge on any atom is -0.496 e. The van der Waals surface area contributed by atoms with Crippen LogP contribution in [0.4, 0.5) is 0 Å². The fourth-order valence-corrected chi connectivity index (χ4v) is 3.18. The van der Waals surface area contributed by atoms with Crippen molar-refractivity contribution in [1.29, 1.82) is 0 Å². The van der Waals surface area contributed by atoms with Crippen LogP contribution in [-0.2, 0) is 23.6 Å². The number of pyridine rings is 1. The van der Waals surface area contributed by atoms with E-state index in [4.69, 9.17) is 4.74 Å². The highest BCUT2D eigenvalue weighted by atomic mass is 32.2. The number of aryl methyl sites for hydroxylation is 3. The second kappa shape index (κ2) is 6.55. The van der Waals surface area contributed by atoms with Crippen LogP contribution in [0.2, 0.25) is 0 Å². The summed E-state index contributed by atoms with van der Waals surface area (Å²) in [5.41, 5.74) is 0.456. The van der Waals surface area contributed by atoms with Gasteiger partial charge < -0.3 is 13.9 Å². The lowest BCUT2D eigenvalue weighted by atomic mass is 10.3. The van der Waals surface area contributed by atoms with Crippen molar-refractivity contribution in [3.63, 3.8) is 0 Å². The average molecular weight is 340 g/mol. The van der Waals surface area contributed by atoms with E-state index in [1.165, 1.54) is 23.9 Å². The van der Waals surface area contributed by atoms with Crippen molar-refractivity contribution in [2.24, 2.45) is 7.05 Å². The summed E-state index contributed by atoms with van der Waals surface area (Å²) < 4.78 is 34.9. The van der Waals surface area contributed by atoms with E-state index in [0.29, 0.717) is 17.3 Å². The largest absolute Gasteiger partial charge is 0.496 e. The molecule has 126 valence electrons. The SMILES string of the molecule is COc1cc(C)n(CCNS(=O)(=O)c2cn(C)c(C)n2)c(=O)c1. The van der Waals surface area contributed by atoms with Gasteiger partial charge in [0.05, 0.1) is 7.11 Å². The van der Waals surface area contributed by atoms with Crippen LogP contribution in [-0.4, -0.2) is 36.2 Å². The van der Waals surface area contributed by atoms with E-state index in [2.05, 4.69) is 9.71 Å². The fourth-order valence-electron chi connectivity index (χ4n) is 2.12. The van der Waals surface area contributed by atoms with Crippen molar-refractivity contribution in [2.45, 2.75) is 25.4 Å². The molecule has 0 aliphatic carbocycles. The van der Waals surface area contributed by atoms with Crippen LogP contribution in [0.5, 0.6) is 5.75 Å². The molecule has 2 heterocycles. The van der Waals surface area contributed by atoms with Crippen LogP contribution in [0.15, 0.2) is 28.2 Å². The first-order valence-corrected chi connectivity index (χ1v) is 8.48. The van der Waals surface area contributed by atoms with Crippen molar-refractivity contribution >= 4 is 10.0 Å². The Morgan fingerprint density at radius 3 is 2.52 bits per heavy atom. The van der Waals surface area contributed by atoms with E-state index in [-0.39, 0.29) is 23.7 Å². The van der Waals surface area contributed by atoms with Gasteiger partial charge in [-0.05, 0) is 19.9 Å². The van der Waals surface area contributed by atoms with Gasteiger partial charge in [-0.1, -0.05) is 0 Å². The number of sulfonamides is 1. The molecular formula is C14H20N4O4S. The summed E-state index contributed by atoms with van der Waals surface area (Å²) in [6.45, 7) is 3.80. The maximum atomic E-state index is 12.2. The third-order valence-corrected chi connectivity index (χ3v) is 4.87. The van der Waals surface area contributed by atoms with Crippen LogP contribution in [0.25, 0.3) is 0 Å². The van der Waals surface area contributed by atoms with Crippen molar-refractivity contribution in [3.8, 4) is 5.75 Å². The Labute approximate surface area is 134 Å². The minimum absolute atomic E-state index is 0.0312. The molecular weight excluding hydrogens is 320 g/mol. The highest BCUT2D eigenvalue weighted by Crippen LogP contribution is 2.09. The van der Waals surface area contributed by atoms with E-state index in [0.717, 1.165) is 0 Å². The molecule has 1 N–H and O–H groups in total. The zero-order valence-corrected chi connectivity index (χ0v) is 14.3. The number of aromatic nitrogens is 3. The first-order chi connectivity index (χ1) is 10.7. The van der Waals surface area contributed by atoms with Crippen LogP contribution >= 0.6 is 0 Å². The van der Waals surface area contributed by atoms with E-state index in [1.807, 2.05) is 0 Å². The third-order valence-electron chi connectivity index (χ3n) is 3.53. The smallest absolute Gasteiger partial charge is 0.259 e. The second-order valence-corrected chi connectivity index (χ2v) is 6.88. The molecule has 8 nitrogen and oxygen atoms in total. The van der Waals surface area contributed by atoms with Gasteiger partial charge in [0.2, 0.25) is 0 Å². The molecule has 0 atom stereocenters. The van der Waals surface area contributed by atoms with Gasteiger partial charge in [-0.2, -0.15) is 0 Å². The van der Waals surface area contributed by atoms with E-state index < -0.39 is 10.0 Å². The standard InChI is InChI=1S/C14H20N4O4S/c1-10-7-12(22-4)8-14(19)18(10)6-5-15-23(20,21)13-9-17(3)11(2)16-13/h7-9,15H,5-6H2,1-4H3. The van der Waals surface area contributed by atoms with Gasteiger partial charge in [0.15, 0.2) is 5.03 Å². The third kappa shape index (κ3) is 3.80. The number of nitrogens with zero attached hydrogens (tertiary/aromatic N) is 3. The number of hydrogen-bond acceptors (Lipinski definition) is 5. The van der Waals surface area contributed by atoms with Crippen molar-refractivity contribution < 1.29 is 13.2 Å². The first kappa shape index (κ1) is 17.2. The number of hydrogen-bond donors (Lipinski definition) is 1. The molecule has 9 heteroatoms. The number of rotatable bonds is 6. The molecule has 2 aromatic rings. The predicted octanol–water partition coefficient (Wildman–Crippen LogP) is 0.186. The van der Waals surface area contributed by atoms with Crippen molar-refractivity contribution in [1.82, 2.24) is 18.8 Å². The van der Waals surface area contributed by atoms with Gasteiger partial charge in [-0.25, -0.2) is 18.1 Å². The average Bonchev–Trinajstić information content (AvgIpc) is 2.82. The zero-order chi connectivity index (χ0) is 17.2. The lowest BCUT2D eigenvalue weighted by Crippen LogP contribution is -2.31. The molecule has 0 radical (unpaired) electrons. The number of imidazole rings is 1. The topological polar surface area (TPSA) is 95.2 Å². The maximum Gasteiger partial charge on any atom is 0.259 e. The van der Waals surface area contributed by atoms with Gasteiger partial charge in [0.25, 0.3) is 15.6 Å². The van der Waals surface area contributed by atoms with Gasteiger partial charge >= 0.3 is 0 Å².